The minimum atomic E-state index is 0.631. The molecule has 0 amide bonds. The molecule has 0 atom stereocenters. The van der Waals surface area contributed by atoms with Gasteiger partial charge in [0.15, 0.2) is 0 Å². The Morgan fingerprint density at radius 2 is 2.00 bits per heavy atom. The Morgan fingerprint density at radius 3 is 2.69 bits per heavy atom. The van der Waals surface area contributed by atoms with Gasteiger partial charge >= 0.3 is 0 Å². The van der Waals surface area contributed by atoms with Gasteiger partial charge in [0.25, 0.3) is 0 Å². The topological polar surface area (TPSA) is 0 Å². The highest BCUT2D eigenvalue weighted by molar-refractivity contribution is 7.17. The van der Waals surface area contributed by atoms with Gasteiger partial charge in [-0.1, -0.05) is 19.9 Å². The third-order valence-corrected chi connectivity index (χ3v) is 3.34. The SMILES string of the molecule is Cc1cc2ccsc2cc1C(C)C. The summed E-state index contributed by atoms with van der Waals surface area (Å²) in [6.07, 6.45) is 0. The van der Waals surface area contributed by atoms with Gasteiger partial charge in [-0.3, -0.25) is 0 Å². The van der Waals surface area contributed by atoms with Crippen LogP contribution < -0.4 is 0 Å². The van der Waals surface area contributed by atoms with Crippen LogP contribution in [0.25, 0.3) is 10.1 Å². The zero-order valence-electron chi connectivity index (χ0n) is 8.29. The summed E-state index contributed by atoms with van der Waals surface area (Å²) < 4.78 is 1.41. The van der Waals surface area contributed by atoms with Gasteiger partial charge in [-0.05, 0) is 46.9 Å². The van der Waals surface area contributed by atoms with E-state index in [1.807, 2.05) is 11.3 Å². The molecule has 0 aliphatic rings. The molecule has 0 bridgehead atoms. The first-order valence-corrected chi connectivity index (χ1v) is 5.54. The lowest BCUT2D eigenvalue weighted by Crippen LogP contribution is -1.90. The molecule has 0 saturated carbocycles. The Bertz CT molecular complexity index is 424. The highest BCUT2D eigenvalue weighted by Gasteiger charge is 2.05. The largest absolute Gasteiger partial charge is 0.144 e. The second-order valence-corrected chi connectivity index (χ2v) is 4.77. The highest BCUT2D eigenvalue weighted by atomic mass is 32.1. The summed E-state index contributed by atoms with van der Waals surface area (Å²) in [7, 11) is 0. The molecule has 1 aromatic heterocycles. The summed E-state index contributed by atoms with van der Waals surface area (Å²) in [5, 5.41) is 3.54. The summed E-state index contributed by atoms with van der Waals surface area (Å²) in [6.45, 7) is 6.70. The van der Waals surface area contributed by atoms with Gasteiger partial charge in [0.05, 0.1) is 0 Å². The van der Waals surface area contributed by atoms with Gasteiger partial charge in [-0.25, -0.2) is 0 Å². The third kappa shape index (κ3) is 1.49. The molecule has 2 rings (SSSR count). The number of benzene rings is 1. The molecule has 1 heteroatoms. The molecule has 2 aromatic rings. The van der Waals surface area contributed by atoms with Crippen LogP contribution in [-0.2, 0) is 0 Å². The lowest BCUT2D eigenvalue weighted by Gasteiger charge is -2.09. The number of fused-ring (bicyclic) bond motifs is 1. The molecule has 0 nitrogen and oxygen atoms in total. The van der Waals surface area contributed by atoms with Gasteiger partial charge < -0.3 is 0 Å². The Hall–Kier alpha value is -0.820. The molecule has 0 aliphatic carbocycles. The van der Waals surface area contributed by atoms with E-state index in [-0.39, 0.29) is 0 Å². The summed E-state index contributed by atoms with van der Waals surface area (Å²) >= 11 is 1.83. The van der Waals surface area contributed by atoms with Crippen LogP contribution in [-0.4, -0.2) is 0 Å². The van der Waals surface area contributed by atoms with Crippen molar-refractivity contribution >= 4 is 21.4 Å². The Kier molecular flexibility index (Phi) is 2.12. The molecule has 13 heavy (non-hydrogen) atoms. The predicted octanol–water partition coefficient (Wildman–Crippen LogP) is 4.33. The zero-order chi connectivity index (χ0) is 9.42. The fraction of sp³-hybridized carbons (Fsp3) is 0.333. The van der Waals surface area contributed by atoms with Crippen molar-refractivity contribution in [2.45, 2.75) is 26.7 Å². The van der Waals surface area contributed by atoms with Crippen LogP contribution in [0.4, 0.5) is 0 Å². The summed E-state index contributed by atoms with van der Waals surface area (Å²) in [5.74, 6) is 0.631. The normalized spacial score (nSPS) is 11.4. The van der Waals surface area contributed by atoms with Crippen LogP contribution in [0, 0.1) is 6.92 Å². The standard InChI is InChI=1S/C12H14S/c1-8(2)11-7-12-10(4-5-13-12)6-9(11)3/h4-8H,1-3H3. The minimum absolute atomic E-state index is 0.631. The first kappa shape index (κ1) is 8.76. The maximum Gasteiger partial charge on any atom is 0.0345 e. The van der Waals surface area contributed by atoms with E-state index in [0.29, 0.717) is 5.92 Å². The van der Waals surface area contributed by atoms with Crippen LogP contribution in [0.2, 0.25) is 0 Å². The van der Waals surface area contributed by atoms with Gasteiger partial charge in [-0.15, -0.1) is 11.3 Å². The number of thiophene rings is 1. The van der Waals surface area contributed by atoms with E-state index in [1.54, 1.807) is 0 Å². The van der Waals surface area contributed by atoms with Crippen LogP contribution in [0.5, 0.6) is 0 Å². The zero-order valence-corrected chi connectivity index (χ0v) is 9.11. The molecule has 0 radical (unpaired) electrons. The summed E-state index contributed by atoms with van der Waals surface area (Å²) in [5.41, 5.74) is 2.90. The lowest BCUT2D eigenvalue weighted by atomic mass is 9.97. The minimum Gasteiger partial charge on any atom is -0.144 e. The van der Waals surface area contributed by atoms with E-state index in [9.17, 15) is 0 Å². The molecule has 0 aliphatic heterocycles. The first-order chi connectivity index (χ1) is 6.18. The van der Waals surface area contributed by atoms with Gasteiger partial charge in [-0.2, -0.15) is 0 Å². The van der Waals surface area contributed by atoms with Crippen molar-refractivity contribution in [2.75, 3.05) is 0 Å². The van der Waals surface area contributed by atoms with Gasteiger partial charge in [0.2, 0.25) is 0 Å². The molecule has 0 fully saturated rings. The first-order valence-electron chi connectivity index (χ1n) is 4.66. The fourth-order valence-electron chi connectivity index (χ4n) is 1.76. The van der Waals surface area contributed by atoms with E-state index in [2.05, 4.69) is 44.4 Å². The molecule has 68 valence electrons. The molecular weight excluding hydrogens is 176 g/mol. The van der Waals surface area contributed by atoms with Crippen molar-refractivity contribution in [3.05, 3.63) is 34.7 Å². The average Bonchev–Trinajstić information content (AvgIpc) is 2.48. The second kappa shape index (κ2) is 3.15. The number of hydrogen-bond acceptors (Lipinski definition) is 1. The predicted molar refractivity (Wildman–Crippen MR) is 60.7 cm³/mol. The van der Waals surface area contributed by atoms with Crippen molar-refractivity contribution < 1.29 is 0 Å². The molecule has 1 aromatic carbocycles. The lowest BCUT2D eigenvalue weighted by molar-refractivity contribution is 0.859. The van der Waals surface area contributed by atoms with E-state index in [0.717, 1.165) is 0 Å². The fourth-order valence-corrected chi connectivity index (χ4v) is 2.58. The van der Waals surface area contributed by atoms with Crippen molar-refractivity contribution in [2.24, 2.45) is 0 Å². The third-order valence-electron chi connectivity index (χ3n) is 2.46. The van der Waals surface area contributed by atoms with E-state index < -0.39 is 0 Å². The second-order valence-electron chi connectivity index (χ2n) is 3.82. The van der Waals surface area contributed by atoms with Crippen LogP contribution in [0.1, 0.15) is 30.9 Å². The van der Waals surface area contributed by atoms with Crippen molar-refractivity contribution in [3.8, 4) is 0 Å². The van der Waals surface area contributed by atoms with Gasteiger partial charge in [0, 0.05) is 4.70 Å². The van der Waals surface area contributed by atoms with Gasteiger partial charge in [0.1, 0.15) is 0 Å². The van der Waals surface area contributed by atoms with E-state index >= 15 is 0 Å². The summed E-state index contributed by atoms with van der Waals surface area (Å²) in [4.78, 5) is 0. The average molecular weight is 190 g/mol. The number of aryl methyl sites for hydroxylation is 1. The molecule has 0 N–H and O–H groups in total. The Labute approximate surface area is 83.2 Å². The molecule has 0 saturated heterocycles. The smallest absolute Gasteiger partial charge is 0.0345 e. The highest BCUT2D eigenvalue weighted by Crippen LogP contribution is 2.28. The van der Waals surface area contributed by atoms with E-state index in [1.165, 1.54) is 21.2 Å². The van der Waals surface area contributed by atoms with Crippen LogP contribution in [0.3, 0.4) is 0 Å². The molecule has 0 spiro atoms. The molecule has 0 unspecified atom stereocenters. The van der Waals surface area contributed by atoms with Crippen molar-refractivity contribution in [1.29, 1.82) is 0 Å². The van der Waals surface area contributed by atoms with Crippen molar-refractivity contribution in [1.82, 2.24) is 0 Å². The van der Waals surface area contributed by atoms with E-state index in [4.69, 9.17) is 0 Å². The quantitative estimate of drug-likeness (QED) is 0.627. The van der Waals surface area contributed by atoms with Crippen LogP contribution >= 0.6 is 11.3 Å². The number of rotatable bonds is 1. The molecule has 1 heterocycles. The van der Waals surface area contributed by atoms with Crippen LogP contribution in [0.15, 0.2) is 23.6 Å². The summed E-state index contributed by atoms with van der Waals surface area (Å²) in [6, 6.07) is 6.82. The molecular formula is C12H14S. The Morgan fingerprint density at radius 1 is 1.23 bits per heavy atom. The monoisotopic (exact) mass is 190 g/mol. The maximum atomic E-state index is 2.33. The maximum absolute atomic E-state index is 2.33. The number of hydrogen-bond donors (Lipinski definition) is 0. The van der Waals surface area contributed by atoms with Crippen molar-refractivity contribution in [3.63, 3.8) is 0 Å². The Balaban J connectivity index is 2.69.